The Morgan fingerprint density at radius 3 is 1.41 bits per heavy atom. The first kappa shape index (κ1) is 30.2. The molecule has 2 atom stereocenters. The van der Waals surface area contributed by atoms with E-state index in [0.717, 1.165) is 0 Å². The van der Waals surface area contributed by atoms with Crippen LogP contribution in [0.25, 0.3) is 0 Å². The first-order valence-corrected chi connectivity index (χ1v) is 12.5. The summed E-state index contributed by atoms with van der Waals surface area (Å²) in [5.41, 5.74) is 15.9. The molecular formula is C32H52. The summed E-state index contributed by atoms with van der Waals surface area (Å²) < 4.78 is 0. The van der Waals surface area contributed by atoms with Gasteiger partial charge in [-0.25, -0.2) is 0 Å². The number of aryl methyl sites for hydroxylation is 1. The molecule has 2 aromatic carbocycles. The van der Waals surface area contributed by atoms with E-state index in [1.807, 2.05) is 13.8 Å². The van der Waals surface area contributed by atoms with Crippen LogP contribution in [0.15, 0.2) is 24.3 Å². The van der Waals surface area contributed by atoms with Gasteiger partial charge in [0.2, 0.25) is 0 Å². The fraction of sp³-hybridized carbons (Fsp3) is 0.562. The van der Waals surface area contributed by atoms with E-state index < -0.39 is 0 Å². The predicted molar refractivity (Wildman–Crippen MR) is 149 cm³/mol. The van der Waals surface area contributed by atoms with Gasteiger partial charge in [-0.05, 0) is 136 Å². The standard InChI is InChI=1S/C18H28.C12H18.C2H6/c1-10(2)11(3)15(7)18-16(8)13(5)12(4)14(6)17(18)9;1-8(2)12-7-6-9(3)10(4)11(12)5;1-2/h11,15H,1H2,2-9H3;6-8H,1-5H3;1-2H3. The third kappa shape index (κ3) is 6.84. The van der Waals surface area contributed by atoms with Gasteiger partial charge in [0.25, 0.3) is 0 Å². The predicted octanol–water partition coefficient (Wildman–Crippen LogP) is 10.3. The molecular weight excluding hydrogens is 384 g/mol. The lowest BCUT2D eigenvalue weighted by Crippen LogP contribution is -2.13. The Morgan fingerprint density at radius 2 is 1.03 bits per heavy atom. The summed E-state index contributed by atoms with van der Waals surface area (Å²) in [6.07, 6.45) is 0. The molecule has 0 aliphatic heterocycles. The number of hydrogen-bond acceptors (Lipinski definition) is 0. The summed E-state index contributed by atoms with van der Waals surface area (Å²) in [7, 11) is 0. The topological polar surface area (TPSA) is 0 Å². The van der Waals surface area contributed by atoms with Gasteiger partial charge in [0, 0.05) is 0 Å². The zero-order valence-corrected chi connectivity index (χ0v) is 24.1. The molecule has 0 spiro atoms. The van der Waals surface area contributed by atoms with Gasteiger partial charge in [-0.15, -0.1) is 0 Å². The zero-order valence-electron chi connectivity index (χ0n) is 24.1. The van der Waals surface area contributed by atoms with E-state index in [1.54, 1.807) is 0 Å². The molecule has 0 amide bonds. The maximum absolute atomic E-state index is 4.12. The highest BCUT2D eigenvalue weighted by molar-refractivity contribution is 5.51. The van der Waals surface area contributed by atoms with Gasteiger partial charge >= 0.3 is 0 Å². The molecule has 0 saturated carbocycles. The van der Waals surface area contributed by atoms with E-state index in [1.165, 1.54) is 61.2 Å². The molecule has 0 heterocycles. The molecule has 0 bridgehead atoms. The van der Waals surface area contributed by atoms with Gasteiger partial charge < -0.3 is 0 Å². The molecule has 2 unspecified atom stereocenters. The second-order valence-corrected chi connectivity index (χ2v) is 9.84. The van der Waals surface area contributed by atoms with E-state index in [2.05, 4.69) is 109 Å². The summed E-state index contributed by atoms with van der Waals surface area (Å²) in [5.74, 6) is 1.72. The number of hydrogen-bond donors (Lipinski definition) is 0. The summed E-state index contributed by atoms with van der Waals surface area (Å²) >= 11 is 0. The molecule has 0 aliphatic carbocycles. The van der Waals surface area contributed by atoms with Crippen molar-refractivity contribution < 1.29 is 0 Å². The monoisotopic (exact) mass is 436 g/mol. The fourth-order valence-electron chi connectivity index (χ4n) is 4.49. The largest absolute Gasteiger partial charge is 0.0998 e. The van der Waals surface area contributed by atoms with Crippen LogP contribution < -0.4 is 0 Å². The Balaban J connectivity index is 0.000000595. The van der Waals surface area contributed by atoms with E-state index >= 15 is 0 Å². The van der Waals surface area contributed by atoms with Crippen molar-refractivity contribution in [2.45, 2.75) is 116 Å². The Morgan fingerprint density at radius 1 is 0.625 bits per heavy atom. The molecule has 180 valence electrons. The average molecular weight is 437 g/mol. The average Bonchev–Trinajstić information content (AvgIpc) is 2.75. The first-order valence-electron chi connectivity index (χ1n) is 12.5. The van der Waals surface area contributed by atoms with Crippen LogP contribution in [-0.4, -0.2) is 0 Å². The van der Waals surface area contributed by atoms with Crippen LogP contribution in [-0.2, 0) is 0 Å². The smallest absolute Gasteiger partial charge is 0.0122 e. The molecule has 0 N–H and O–H groups in total. The van der Waals surface area contributed by atoms with Gasteiger partial charge in [0.1, 0.15) is 0 Å². The van der Waals surface area contributed by atoms with Crippen LogP contribution in [0.3, 0.4) is 0 Å². The van der Waals surface area contributed by atoms with Crippen molar-refractivity contribution in [2.24, 2.45) is 5.92 Å². The SMILES string of the molecule is C=C(C)C(C)C(C)c1c(C)c(C)c(C)c(C)c1C.CC.Cc1ccc(C(C)C)c(C)c1C. The summed E-state index contributed by atoms with van der Waals surface area (Å²) in [6, 6.07) is 4.47. The Bertz CT molecular complexity index is 879. The fourth-order valence-corrected chi connectivity index (χ4v) is 4.49. The Kier molecular flexibility index (Phi) is 12.3. The van der Waals surface area contributed by atoms with Crippen molar-refractivity contribution in [1.82, 2.24) is 0 Å². The van der Waals surface area contributed by atoms with Gasteiger partial charge in [-0.2, -0.15) is 0 Å². The second-order valence-electron chi connectivity index (χ2n) is 9.84. The number of rotatable bonds is 4. The van der Waals surface area contributed by atoms with Crippen molar-refractivity contribution in [2.75, 3.05) is 0 Å². The van der Waals surface area contributed by atoms with Gasteiger partial charge in [-0.3, -0.25) is 0 Å². The lowest BCUT2D eigenvalue weighted by atomic mass is 9.77. The van der Waals surface area contributed by atoms with Crippen molar-refractivity contribution in [3.8, 4) is 0 Å². The minimum absolute atomic E-state index is 0.531. The highest BCUT2D eigenvalue weighted by atomic mass is 14.3. The van der Waals surface area contributed by atoms with Crippen LogP contribution >= 0.6 is 0 Å². The number of allylic oxidation sites excluding steroid dienone is 1. The molecule has 0 aliphatic rings. The Hall–Kier alpha value is -1.82. The molecule has 0 fully saturated rings. The molecule has 0 aromatic heterocycles. The van der Waals surface area contributed by atoms with Crippen molar-refractivity contribution in [1.29, 1.82) is 0 Å². The van der Waals surface area contributed by atoms with E-state index in [-0.39, 0.29) is 0 Å². The van der Waals surface area contributed by atoms with Gasteiger partial charge in [-0.1, -0.05) is 65.8 Å². The normalized spacial score (nSPS) is 12.4. The molecule has 0 radical (unpaired) electrons. The molecule has 32 heavy (non-hydrogen) atoms. The number of benzene rings is 2. The van der Waals surface area contributed by atoms with Gasteiger partial charge in [0.15, 0.2) is 0 Å². The van der Waals surface area contributed by atoms with Crippen LogP contribution in [0.2, 0.25) is 0 Å². The molecule has 2 rings (SSSR count). The second kappa shape index (κ2) is 13.0. The third-order valence-corrected chi connectivity index (χ3v) is 7.76. The maximum Gasteiger partial charge on any atom is -0.0122 e. The van der Waals surface area contributed by atoms with Crippen molar-refractivity contribution in [3.05, 3.63) is 79.9 Å². The Labute approximate surface area is 201 Å². The van der Waals surface area contributed by atoms with Crippen LogP contribution in [0.1, 0.15) is 116 Å². The zero-order chi connectivity index (χ0) is 25.5. The summed E-state index contributed by atoms with van der Waals surface area (Å²) in [4.78, 5) is 0. The quantitative estimate of drug-likeness (QED) is 0.418. The van der Waals surface area contributed by atoms with Crippen LogP contribution in [0, 0.1) is 61.3 Å². The van der Waals surface area contributed by atoms with Gasteiger partial charge in [0.05, 0.1) is 0 Å². The van der Waals surface area contributed by atoms with E-state index in [9.17, 15) is 0 Å². The summed E-state index contributed by atoms with van der Waals surface area (Å²) in [5, 5.41) is 0. The lowest BCUT2D eigenvalue weighted by Gasteiger charge is -2.27. The molecule has 0 heteroatoms. The van der Waals surface area contributed by atoms with Crippen molar-refractivity contribution >= 4 is 0 Å². The lowest BCUT2D eigenvalue weighted by molar-refractivity contribution is 0.556. The van der Waals surface area contributed by atoms with Crippen LogP contribution in [0.5, 0.6) is 0 Å². The molecule has 2 aromatic rings. The maximum atomic E-state index is 4.12. The molecule has 0 saturated heterocycles. The van der Waals surface area contributed by atoms with E-state index in [4.69, 9.17) is 0 Å². The first-order chi connectivity index (χ1) is 14.7. The third-order valence-electron chi connectivity index (χ3n) is 7.76. The minimum atomic E-state index is 0.531. The van der Waals surface area contributed by atoms with Crippen molar-refractivity contribution in [3.63, 3.8) is 0 Å². The molecule has 0 nitrogen and oxygen atoms in total. The highest BCUT2D eigenvalue weighted by Crippen LogP contribution is 2.36. The van der Waals surface area contributed by atoms with Crippen LogP contribution in [0.4, 0.5) is 0 Å². The summed E-state index contributed by atoms with van der Waals surface area (Å²) in [6.45, 7) is 37.3. The minimum Gasteiger partial charge on any atom is -0.0998 e. The van der Waals surface area contributed by atoms with E-state index in [0.29, 0.717) is 17.8 Å². The highest BCUT2D eigenvalue weighted by Gasteiger charge is 2.21.